The number of hydrogen-bond acceptors (Lipinski definition) is 4. The topological polar surface area (TPSA) is 93.8 Å². The average Bonchev–Trinajstić information content (AvgIpc) is 2.28. The summed E-state index contributed by atoms with van der Waals surface area (Å²) in [5, 5.41) is 27.1. The van der Waals surface area contributed by atoms with Crippen LogP contribution in [0.5, 0.6) is 5.75 Å². The minimum atomic E-state index is -1.30. The third-order valence-corrected chi connectivity index (χ3v) is 1.84. The standard InChI is InChI=1S/C11H12N2O4/c1-8(14)7-13(11(15)16)17-10-4-2-9(6-12)3-5-10/h2-5,8,14H,7H2,1H3,(H,15,16). The predicted octanol–water partition coefficient (Wildman–Crippen LogP) is 1.21. The maximum atomic E-state index is 10.8. The number of hydroxylamine groups is 2. The second-order valence-corrected chi connectivity index (χ2v) is 3.42. The summed E-state index contributed by atoms with van der Waals surface area (Å²) < 4.78 is 0. The molecule has 0 heterocycles. The van der Waals surface area contributed by atoms with E-state index >= 15 is 0 Å². The zero-order valence-electron chi connectivity index (χ0n) is 9.20. The Morgan fingerprint density at radius 1 is 1.53 bits per heavy atom. The molecule has 1 unspecified atom stereocenters. The van der Waals surface area contributed by atoms with Crippen LogP contribution in [0.15, 0.2) is 24.3 Å². The van der Waals surface area contributed by atoms with Gasteiger partial charge in [0.25, 0.3) is 0 Å². The van der Waals surface area contributed by atoms with E-state index in [0.29, 0.717) is 10.6 Å². The highest BCUT2D eigenvalue weighted by Crippen LogP contribution is 2.13. The second kappa shape index (κ2) is 5.72. The first-order valence-corrected chi connectivity index (χ1v) is 4.89. The van der Waals surface area contributed by atoms with E-state index in [2.05, 4.69) is 0 Å². The van der Waals surface area contributed by atoms with Gasteiger partial charge in [0.2, 0.25) is 0 Å². The largest absolute Gasteiger partial charge is 0.463 e. The lowest BCUT2D eigenvalue weighted by molar-refractivity contribution is -0.0579. The number of carbonyl (C=O) groups is 1. The van der Waals surface area contributed by atoms with Crippen LogP contribution < -0.4 is 4.84 Å². The highest BCUT2D eigenvalue weighted by Gasteiger charge is 2.16. The van der Waals surface area contributed by atoms with Crippen LogP contribution >= 0.6 is 0 Å². The van der Waals surface area contributed by atoms with E-state index in [4.69, 9.17) is 20.3 Å². The van der Waals surface area contributed by atoms with Gasteiger partial charge in [0.15, 0.2) is 5.75 Å². The fourth-order valence-electron chi connectivity index (χ4n) is 1.11. The summed E-state index contributed by atoms with van der Waals surface area (Å²) in [4.78, 5) is 15.9. The van der Waals surface area contributed by atoms with Crippen molar-refractivity contribution in [1.82, 2.24) is 5.06 Å². The molecule has 0 aliphatic carbocycles. The molecule has 2 N–H and O–H groups in total. The summed E-state index contributed by atoms with van der Waals surface area (Å²) in [7, 11) is 0. The van der Waals surface area contributed by atoms with Crippen molar-refractivity contribution in [2.24, 2.45) is 0 Å². The van der Waals surface area contributed by atoms with Crippen molar-refractivity contribution in [3.8, 4) is 11.8 Å². The van der Waals surface area contributed by atoms with Crippen molar-refractivity contribution in [1.29, 1.82) is 5.26 Å². The Hall–Kier alpha value is -2.26. The van der Waals surface area contributed by atoms with Crippen molar-refractivity contribution in [3.05, 3.63) is 29.8 Å². The van der Waals surface area contributed by atoms with Crippen LogP contribution in [0, 0.1) is 11.3 Å². The Balaban J connectivity index is 2.72. The molecule has 17 heavy (non-hydrogen) atoms. The molecule has 1 aromatic carbocycles. The number of nitriles is 1. The van der Waals surface area contributed by atoms with Gasteiger partial charge in [0, 0.05) is 0 Å². The summed E-state index contributed by atoms with van der Waals surface area (Å²) >= 11 is 0. The zero-order chi connectivity index (χ0) is 12.8. The van der Waals surface area contributed by atoms with Gasteiger partial charge < -0.3 is 15.1 Å². The molecule has 0 saturated carbocycles. The number of aliphatic hydroxyl groups excluding tert-OH is 1. The highest BCUT2D eigenvalue weighted by molar-refractivity contribution is 5.63. The number of rotatable bonds is 4. The molecule has 0 radical (unpaired) electrons. The van der Waals surface area contributed by atoms with Crippen molar-refractivity contribution in [2.75, 3.05) is 6.54 Å². The van der Waals surface area contributed by atoms with E-state index < -0.39 is 12.2 Å². The van der Waals surface area contributed by atoms with E-state index in [9.17, 15) is 4.79 Å². The molecule has 90 valence electrons. The van der Waals surface area contributed by atoms with Crippen LogP contribution in [0.4, 0.5) is 4.79 Å². The second-order valence-electron chi connectivity index (χ2n) is 3.42. The number of amides is 1. The van der Waals surface area contributed by atoms with Crippen LogP contribution in [-0.2, 0) is 0 Å². The summed E-state index contributed by atoms with van der Waals surface area (Å²) in [5.41, 5.74) is 0.453. The maximum absolute atomic E-state index is 10.8. The smallest absolute Gasteiger partial charge is 0.440 e. The Morgan fingerprint density at radius 3 is 2.53 bits per heavy atom. The van der Waals surface area contributed by atoms with Crippen LogP contribution in [0.1, 0.15) is 12.5 Å². The van der Waals surface area contributed by atoms with Crippen LogP contribution in [0.25, 0.3) is 0 Å². The molecule has 0 spiro atoms. The summed E-state index contributed by atoms with van der Waals surface area (Å²) in [6.45, 7) is 1.30. The normalized spacial score (nSPS) is 11.4. The Kier molecular flexibility index (Phi) is 4.31. The average molecular weight is 236 g/mol. The molecule has 1 aromatic rings. The monoisotopic (exact) mass is 236 g/mol. The molecule has 0 aromatic heterocycles. The van der Waals surface area contributed by atoms with Gasteiger partial charge in [0.05, 0.1) is 24.3 Å². The van der Waals surface area contributed by atoms with Crippen LogP contribution in [-0.4, -0.2) is 34.0 Å². The molecule has 0 fully saturated rings. The lowest BCUT2D eigenvalue weighted by atomic mass is 10.2. The summed E-state index contributed by atoms with van der Waals surface area (Å²) in [5.74, 6) is 0.284. The van der Waals surface area contributed by atoms with E-state index in [1.54, 1.807) is 0 Å². The molecule has 1 rings (SSSR count). The van der Waals surface area contributed by atoms with Crippen molar-refractivity contribution >= 4 is 6.09 Å². The maximum Gasteiger partial charge on any atom is 0.440 e. The minimum Gasteiger partial charge on any atom is -0.463 e. The minimum absolute atomic E-state index is 0.157. The van der Waals surface area contributed by atoms with Gasteiger partial charge in [-0.05, 0) is 31.2 Å². The lowest BCUT2D eigenvalue weighted by Gasteiger charge is -2.20. The zero-order valence-corrected chi connectivity index (χ0v) is 9.20. The number of carboxylic acid groups (broad SMARTS) is 1. The molecule has 0 aliphatic heterocycles. The molecule has 0 bridgehead atoms. The first-order chi connectivity index (χ1) is 8.02. The molecule has 6 heteroatoms. The first kappa shape index (κ1) is 12.8. The molecule has 1 amide bonds. The number of benzene rings is 1. The fourth-order valence-corrected chi connectivity index (χ4v) is 1.11. The fraction of sp³-hybridized carbons (Fsp3) is 0.273. The Labute approximate surface area is 98.2 Å². The quantitative estimate of drug-likeness (QED) is 0.766. The van der Waals surface area contributed by atoms with Crippen molar-refractivity contribution < 1.29 is 19.8 Å². The first-order valence-electron chi connectivity index (χ1n) is 4.89. The van der Waals surface area contributed by atoms with Gasteiger partial charge in [-0.25, -0.2) is 4.79 Å². The lowest BCUT2D eigenvalue weighted by Crippen LogP contribution is -2.38. The summed E-state index contributed by atoms with van der Waals surface area (Å²) in [6.07, 6.45) is -2.13. The SMILES string of the molecule is CC(O)CN(Oc1ccc(C#N)cc1)C(=O)O. The van der Waals surface area contributed by atoms with Gasteiger partial charge in [0.1, 0.15) is 0 Å². The molecule has 0 saturated heterocycles. The number of aliphatic hydroxyl groups is 1. The van der Waals surface area contributed by atoms with Crippen LogP contribution in [0.3, 0.4) is 0 Å². The highest BCUT2D eigenvalue weighted by atomic mass is 16.7. The summed E-state index contributed by atoms with van der Waals surface area (Å²) in [6, 6.07) is 7.93. The predicted molar refractivity (Wildman–Crippen MR) is 58.2 cm³/mol. The van der Waals surface area contributed by atoms with Crippen molar-refractivity contribution in [2.45, 2.75) is 13.0 Å². The van der Waals surface area contributed by atoms with E-state index in [-0.39, 0.29) is 12.3 Å². The number of hydrogen-bond donors (Lipinski definition) is 2. The molecular formula is C11H12N2O4. The van der Waals surface area contributed by atoms with Crippen LogP contribution in [0.2, 0.25) is 0 Å². The third-order valence-electron chi connectivity index (χ3n) is 1.84. The van der Waals surface area contributed by atoms with Gasteiger partial charge in [-0.3, -0.25) is 0 Å². The molecule has 0 aliphatic rings. The van der Waals surface area contributed by atoms with E-state index in [1.807, 2.05) is 6.07 Å². The molecule has 6 nitrogen and oxygen atoms in total. The van der Waals surface area contributed by atoms with E-state index in [1.165, 1.54) is 31.2 Å². The Morgan fingerprint density at radius 2 is 2.12 bits per heavy atom. The Bertz CT molecular complexity index is 422. The van der Waals surface area contributed by atoms with Crippen molar-refractivity contribution in [3.63, 3.8) is 0 Å². The van der Waals surface area contributed by atoms with Gasteiger partial charge in [-0.2, -0.15) is 5.26 Å². The third kappa shape index (κ3) is 4.01. The van der Waals surface area contributed by atoms with Gasteiger partial charge in [-0.15, -0.1) is 5.06 Å². The van der Waals surface area contributed by atoms with E-state index in [0.717, 1.165) is 0 Å². The number of nitrogens with zero attached hydrogens (tertiary/aromatic N) is 2. The van der Waals surface area contributed by atoms with Gasteiger partial charge >= 0.3 is 6.09 Å². The molecular weight excluding hydrogens is 224 g/mol. The molecule has 1 atom stereocenters. The van der Waals surface area contributed by atoms with Gasteiger partial charge in [-0.1, -0.05) is 0 Å².